The predicted molar refractivity (Wildman–Crippen MR) is 89.2 cm³/mol. The molecule has 1 aromatic heterocycles. The first kappa shape index (κ1) is 15.9. The van der Waals surface area contributed by atoms with Gasteiger partial charge in [-0.05, 0) is 49.7 Å². The van der Waals surface area contributed by atoms with Crippen LogP contribution in [0.3, 0.4) is 0 Å². The van der Waals surface area contributed by atoms with Crippen molar-refractivity contribution in [2.24, 2.45) is 0 Å². The first-order valence-electron chi connectivity index (χ1n) is 6.44. The van der Waals surface area contributed by atoms with Crippen molar-refractivity contribution in [2.75, 3.05) is 5.32 Å². The summed E-state index contributed by atoms with van der Waals surface area (Å²) < 4.78 is 0.807. The molecule has 1 N–H and O–H groups in total. The largest absolute Gasteiger partial charge is 0.376 e. The van der Waals surface area contributed by atoms with Gasteiger partial charge in [0.2, 0.25) is 0 Å². The molecule has 0 aliphatic carbocycles. The molecule has 0 fully saturated rings. The molecule has 0 saturated heterocycles. The molecular weight excluding hydrogens is 354 g/mol. The number of benzene rings is 1. The van der Waals surface area contributed by atoms with E-state index in [0.717, 1.165) is 20.1 Å². The van der Waals surface area contributed by atoms with Crippen molar-refractivity contribution in [2.45, 2.75) is 33.7 Å². The minimum absolute atomic E-state index is 0.0199. The maximum absolute atomic E-state index is 11.1. The normalized spacial score (nSPS) is 12.2. The van der Waals surface area contributed by atoms with Crippen molar-refractivity contribution >= 4 is 38.6 Å². The van der Waals surface area contributed by atoms with Crippen LogP contribution in [0.15, 0.2) is 16.6 Å². The molecule has 1 aromatic carbocycles. The van der Waals surface area contributed by atoms with Crippen molar-refractivity contribution in [1.82, 2.24) is 4.98 Å². The Balaban J connectivity index is 2.33. The van der Waals surface area contributed by atoms with E-state index in [1.807, 2.05) is 20.8 Å². The first-order chi connectivity index (χ1) is 9.79. The molecule has 0 spiro atoms. The van der Waals surface area contributed by atoms with Crippen LogP contribution in [0.4, 0.5) is 11.4 Å². The number of halogens is 1. The Kier molecular flexibility index (Phi) is 4.63. The molecule has 1 atom stereocenters. The smallest absolute Gasteiger partial charge is 0.274 e. The third-order valence-electron chi connectivity index (χ3n) is 3.20. The van der Waals surface area contributed by atoms with Crippen molar-refractivity contribution in [3.8, 4) is 0 Å². The molecule has 2 rings (SSSR count). The highest BCUT2D eigenvalue weighted by atomic mass is 79.9. The molecule has 0 aliphatic heterocycles. The number of nitro benzene ring substituents is 1. The SMILES string of the molecule is Cc1nc(C(C)Nc2cc([N+](=O)[O-])c(C)cc2Br)c(C)s1. The number of thiazole rings is 1. The average Bonchev–Trinajstić information content (AvgIpc) is 2.71. The number of nitro groups is 1. The summed E-state index contributed by atoms with van der Waals surface area (Å²) in [6.45, 7) is 7.73. The molecule has 0 amide bonds. The van der Waals surface area contributed by atoms with Gasteiger partial charge < -0.3 is 5.32 Å². The van der Waals surface area contributed by atoms with Crippen LogP contribution in [0.1, 0.15) is 34.1 Å². The fraction of sp³-hybridized carbons (Fsp3) is 0.357. The highest BCUT2D eigenvalue weighted by Crippen LogP contribution is 2.33. The van der Waals surface area contributed by atoms with Crippen LogP contribution in [0, 0.1) is 30.9 Å². The van der Waals surface area contributed by atoms with Gasteiger partial charge in [-0.25, -0.2) is 4.98 Å². The van der Waals surface area contributed by atoms with Gasteiger partial charge in [-0.3, -0.25) is 10.1 Å². The van der Waals surface area contributed by atoms with Gasteiger partial charge in [0.25, 0.3) is 5.69 Å². The molecule has 0 bridgehead atoms. The molecule has 1 unspecified atom stereocenters. The van der Waals surface area contributed by atoms with Crippen molar-refractivity contribution in [1.29, 1.82) is 0 Å². The van der Waals surface area contributed by atoms with Gasteiger partial charge in [0.1, 0.15) is 0 Å². The highest BCUT2D eigenvalue weighted by Gasteiger charge is 2.18. The lowest BCUT2D eigenvalue weighted by atomic mass is 10.1. The third-order valence-corrected chi connectivity index (χ3v) is 4.76. The Morgan fingerprint density at radius 1 is 1.38 bits per heavy atom. The number of nitrogens with zero attached hydrogens (tertiary/aromatic N) is 2. The van der Waals surface area contributed by atoms with Gasteiger partial charge in [0.05, 0.1) is 27.4 Å². The van der Waals surface area contributed by atoms with Gasteiger partial charge in [0, 0.05) is 21.0 Å². The molecule has 112 valence electrons. The molecule has 0 aliphatic rings. The Morgan fingerprint density at radius 2 is 2.05 bits per heavy atom. The average molecular weight is 370 g/mol. The lowest BCUT2D eigenvalue weighted by Crippen LogP contribution is -2.09. The van der Waals surface area contributed by atoms with E-state index in [0.29, 0.717) is 11.3 Å². The van der Waals surface area contributed by atoms with Crippen LogP contribution < -0.4 is 5.32 Å². The Labute approximate surface area is 135 Å². The van der Waals surface area contributed by atoms with Crippen molar-refractivity contribution < 1.29 is 4.92 Å². The third kappa shape index (κ3) is 3.41. The number of hydrogen-bond donors (Lipinski definition) is 1. The fourth-order valence-corrected chi connectivity index (χ4v) is 3.70. The second-order valence-electron chi connectivity index (χ2n) is 4.92. The van der Waals surface area contributed by atoms with Gasteiger partial charge in [0.15, 0.2) is 0 Å². The van der Waals surface area contributed by atoms with Crippen LogP contribution in [0.2, 0.25) is 0 Å². The van der Waals surface area contributed by atoms with E-state index in [1.54, 1.807) is 30.4 Å². The van der Waals surface area contributed by atoms with Gasteiger partial charge >= 0.3 is 0 Å². The number of aryl methyl sites for hydroxylation is 3. The summed E-state index contributed by atoms with van der Waals surface area (Å²) in [5.41, 5.74) is 2.42. The van der Waals surface area contributed by atoms with Crippen LogP contribution >= 0.6 is 27.3 Å². The van der Waals surface area contributed by atoms with Crippen LogP contribution in [0.5, 0.6) is 0 Å². The second-order valence-corrected chi connectivity index (χ2v) is 7.18. The number of aromatic nitrogens is 1. The van der Waals surface area contributed by atoms with E-state index in [9.17, 15) is 10.1 Å². The summed E-state index contributed by atoms with van der Waals surface area (Å²) >= 11 is 5.10. The Hall–Kier alpha value is -1.47. The number of anilines is 1. The number of rotatable bonds is 4. The lowest BCUT2D eigenvalue weighted by molar-refractivity contribution is -0.385. The lowest BCUT2D eigenvalue weighted by Gasteiger charge is -2.16. The van der Waals surface area contributed by atoms with Crippen molar-refractivity contribution in [3.05, 3.63) is 47.9 Å². The van der Waals surface area contributed by atoms with E-state index >= 15 is 0 Å². The molecule has 0 radical (unpaired) electrons. The van der Waals surface area contributed by atoms with E-state index < -0.39 is 0 Å². The van der Waals surface area contributed by atoms with Crippen LogP contribution in [0.25, 0.3) is 0 Å². The maximum atomic E-state index is 11.1. The summed E-state index contributed by atoms with van der Waals surface area (Å²) in [5.74, 6) is 0. The predicted octanol–water partition coefficient (Wildman–Crippen LogP) is 4.91. The Bertz CT molecular complexity index is 700. The second kappa shape index (κ2) is 6.11. The van der Waals surface area contributed by atoms with E-state index in [4.69, 9.17) is 0 Å². The highest BCUT2D eigenvalue weighted by molar-refractivity contribution is 9.10. The maximum Gasteiger partial charge on any atom is 0.274 e. The molecule has 21 heavy (non-hydrogen) atoms. The zero-order valence-electron chi connectivity index (χ0n) is 12.2. The van der Waals surface area contributed by atoms with Gasteiger partial charge in [-0.1, -0.05) is 0 Å². The standard InChI is InChI=1S/C14H16BrN3O2S/c1-7-5-11(15)12(6-13(7)18(19)20)16-8(2)14-9(3)21-10(4)17-14/h5-6,8,16H,1-4H3. The van der Waals surface area contributed by atoms with E-state index in [1.165, 1.54) is 0 Å². The molecule has 2 aromatic rings. The molecule has 0 saturated carbocycles. The fourth-order valence-electron chi connectivity index (χ4n) is 2.22. The van der Waals surface area contributed by atoms with Gasteiger partial charge in [-0.15, -0.1) is 11.3 Å². The summed E-state index contributed by atoms with van der Waals surface area (Å²) in [5, 5.41) is 15.4. The molecule has 7 heteroatoms. The summed E-state index contributed by atoms with van der Waals surface area (Å²) in [6, 6.07) is 3.30. The zero-order valence-corrected chi connectivity index (χ0v) is 14.6. The minimum atomic E-state index is -0.365. The van der Waals surface area contributed by atoms with Crippen LogP contribution in [-0.2, 0) is 0 Å². The zero-order chi connectivity index (χ0) is 15.7. The van der Waals surface area contributed by atoms with Crippen molar-refractivity contribution in [3.63, 3.8) is 0 Å². The quantitative estimate of drug-likeness (QED) is 0.613. The monoisotopic (exact) mass is 369 g/mol. The number of nitrogens with one attached hydrogen (secondary N) is 1. The number of hydrogen-bond acceptors (Lipinski definition) is 5. The molecule has 5 nitrogen and oxygen atoms in total. The van der Waals surface area contributed by atoms with E-state index in [-0.39, 0.29) is 16.7 Å². The Morgan fingerprint density at radius 3 is 2.57 bits per heavy atom. The molecule has 1 heterocycles. The summed E-state index contributed by atoms with van der Waals surface area (Å²) in [6.07, 6.45) is 0. The van der Waals surface area contributed by atoms with Gasteiger partial charge in [-0.2, -0.15) is 0 Å². The topological polar surface area (TPSA) is 68.1 Å². The van der Waals surface area contributed by atoms with E-state index in [2.05, 4.69) is 26.2 Å². The summed E-state index contributed by atoms with van der Waals surface area (Å²) in [4.78, 5) is 16.4. The molecular formula is C14H16BrN3O2S. The first-order valence-corrected chi connectivity index (χ1v) is 8.05. The van der Waals surface area contributed by atoms with Crippen LogP contribution in [-0.4, -0.2) is 9.91 Å². The summed E-state index contributed by atoms with van der Waals surface area (Å²) in [7, 11) is 0. The minimum Gasteiger partial charge on any atom is -0.376 e.